The van der Waals surface area contributed by atoms with Crippen molar-refractivity contribution in [3.63, 3.8) is 0 Å². The van der Waals surface area contributed by atoms with Gasteiger partial charge in [0, 0.05) is 10.2 Å². The summed E-state index contributed by atoms with van der Waals surface area (Å²) >= 11 is 4.13. The maximum absolute atomic E-state index is 12.9. The fourth-order valence-corrected chi connectivity index (χ4v) is 4.73. The molecule has 0 aromatic heterocycles. The van der Waals surface area contributed by atoms with Gasteiger partial charge in [-0.25, -0.2) is 0 Å². The van der Waals surface area contributed by atoms with Gasteiger partial charge in [0.05, 0.1) is 11.5 Å². The highest BCUT2D eigenvalue weighted by Gasteiger charge is 2.36. The van der Waals surface area contributed by atoms with Crippen LogP contribution in [0, 0.1) is 6.92 Å². The van der Waals surface area contributed by atoms with Gasteiger partial charge in [0.15, 0.2) is 11.5 Å². The number of anilines is 1. The van der Waals surface area contributed by atoms with E-state index in [0.29, 0.717) is 36.0 Å². The molecule has 0 spiro atoms. The highest BCUT2D eigenvalue weighted by Crippen LogP contribution is 2.35. The molecule has 0 saturated carbocycles. The Morgan fingerprint density at radius 3 is 2.54 bits per heavy atom. The minimum atomic E-state index is -0.515. The molecule has 1 fully saturated rings. The molecule has 3 aromatic carbocycles. The van der Waals surface area contributed by atoms with Crippen LogP contribution < -0.4 is 14.8 Å². The highest BCUT2D eigenvalue weighted by molar-refractivity contribution is 9.10. The zero-order valence-electron chi connectivity index (χ0n) is 20.3. The van der Waals surface area contributed by atoms with Crippen molar-refractivity contribution in [2.75, 3.05) is 18.5 Å². The molecule has 4 rings (SSSR count). The standard InChI is InChI=1S/C28H25BrN2O5S/c1-3-35-24-14-19(7-12-23(24)36-17-20-6-4-5-18(2)13-20)15-25-27(33)31(28(34)37-25)16-26(32)30-22-10-8-21(29)9-11-22/h4-15H,3,16-17H2,1-2H3,(H,30,32)/b25-15-. The summed E-state index contributed by atoms with van der Waals surface area (Å²) in [5, 5.41) is 2.20. The molecular weight excluding hydrogens is 556 g/mol. The number of hydrogen-bond acceptors (Lipinski definition) is 6. The van der Waals surface area contributed by atoms with E-state index in [9.17, 15) is 14.4 Å². The Morgan fingerprint density at radius 1 is 1.03 bits per heavy atom. The molecule has 1 heterocycles. The van der Waals surface area contributed by atoms with Gasteiger partial charge in [0.2, 0.25) is 5.91 Å². The normalized spacial score (nSPS) is 14.2. The van der Waals surface area contributed by atoms with Crippen LogP contribution >= 0.6 is 27.7 Å². The number of hydrogen-bond donors (Lipinski definition) is 1. The third kappa shape index (κ3) is 7.02. The first kappa shape index (κ1) is 26.5. The third-order valence-corrected chi connectivity index (χ3v) is 6.78. The average molecular weight is 581 g/mol. The Bertz CT molecular complexity index is 1360. The number of halogens is 1. The number of benzene rings is 3. The van der Waals surface area contributed by atoms with Crippen LogP contribution in [0.25, 0.3) is 6.08 Å². The zero-order valence-corrected chi connectivity index (χ0v) is 22.7. The summed E-state index contributed by atoms with van der Waals surface area (Å²) in [4.78, 5) is 39.0. The lowest BCUT2D eigenvalue weighted by molar-refractivity contribution is -0.127. The van der Waals surface area contributed by atoms with Crippen molar-refractivity contribution in [2.24, 2.45) is 0 Å². The van der Waals surface area contributed by atoms with Gasteiger partial charge in [-0.1, -0.05) is 51.8 Å². The van der Waals surface area contributed by atoms with E-state index in [1.807, 2.05) is 32.0 Å². The van der Waals surface area contributed by atoms with Crippen LogP contribution in [0.1, 0.15) is 23.6 Å². The molecule has 190 valence electrons. The molecule has 0 aliphatic carbocycles. The Labute approximate surface area is 228 Å². The van der Waals surface area contributed by atoms with E-state index in [4.69, 9.17) is 9.47 Å². The van der Waals surface area contributed by atoms with Gasteiger partial charge in [-0.2, -0.15) is 0 Å². The van der Waals surface area contributed by atoms with E-state index >= 15 is 0 Å². The van der Waals surface area contributed by atoms with Crippen LogP contribution in [-0.4, -0.2) is 35.1 Å². The molecule has 7 nitrogen and oxygen atoms in total. The SMILES string of the molecule is CCOc1cc(/C=C2\SC(=O)N(CC(=O)Nc3ccc(Br)cc3)C2=O)ccc1OCc1cccc(C)c1. The number of thioether (sulfide) groups is 1. The van der Waals surface area contributed by atoms with E-state index in [2.05, 4.69) is 27.3 Å². The van der Waals surface area contributed by atoms with Gasteiger partial charge in [-0.15, -0.1) is 0 Å². The largest absolute Gasteiger partial charge is 0.490 e. The summed E-state index contributed by atoms with van der Waals surface area (Å²) in [5.74, 6) is 0.147. The van der Waals surface area contributed by atoms with E-state index in [-0.39, 0.29) is 11.4 Å². The predicted octanol–water partition coefficient (Wildman–Crippen LogP) is 6.41. The number of nitrogens with one attached hydrogen (secondary N) is 1. The predicted molar refractivity (Wildman–Crippen MR) is 149 cm³/mol. The first-order chi connectivity index (χ1) is 17.8. The number of amides is 3. The van der Waals surface area contributed by atoms with Gasteiger partial charge in [-0.3, -0.25) is 19.3 Å². The van der Waals surface area contributed by atoms with Crippen LogP contribution in [0.2, 0.25) is 0 Å². The van der Waals surface area contributed by atoms with Crippen molar-refractivity contribution < 1.29 is 23.9 Å². The molecule has 9 heteroatoms. The molecule has 1 N–H and O–H groups in total. The van der Waals surface area contributed by atoms with Crippen molar-refractivity contribution in [1.82, 2.24) is 4.90 Å². The maximum atomic E-state index is 12.9. The lowest BCUT2D eigenvalue weighted by Gasteiger charge is -2.13. The number of nitrogens with zero attached hydrogens (tertiary/aromatic N) is 1. The molecule has 37 heavy (non-hydrogen) atoms. The van der Waals surface area contributed by atoms with Crippen LogP contribution in [0.3, 0.4) is 0 Å². The Kier molecular flexibility index (Phi) is 8.68. The second-order valence-corrected chi connectivity index (χ2v) is 10.1. The molecule has 0 atom stereocenters. The Balaban J connectivity index is 1.44. The van der Waals surface area contributed by atoms with Crippen molar-refractivity contribution >= 4 is 56.5 Å². The Hall–Kier alpha value is -3.56. The molecule has 0 bridgehead atoms. The number of carbonyl (C=O) groups excluding carboxylic acids is 3. The van der Waals surface area contributed by atoms with Crippen LogP contribution in [-0.2, 0) is 16.2 Å². The lowest BCUT2D eigenvalue weighted by Crippen LogP contribution is -2.36. The summed E-state index contributed by atoms with van der Waals surface area (Å²) in [5.41, 5.74) is 3.45. The fraction of sp³-hybridized carbons (Fsp3) is 0.179. The maximum Gasteiger partial charge on any atom is 0.294 e. The van der Waals surface area contributed by atoms with Crippen molar-refractivity contribution in [2.45, 2.75) is 20.5 Å². The molecule has 3 amide bonds. The highest BCUT2D eigenvalue weighted by atomic mass is 79.9. The van der Waals surface area contributed by atoms with Gasteiger partial charge >= 0.3 is 0 Å². The minimum Gasteiger partial charge on any atom is -0.490 e. The zero-order chi connectivity index (χ0) is 26.4. The van der Waals surface area contributed by atoms with Gasteiger partial charge in [0.25, 0.3) is 11.1 Å². The van der Waals surface area contributed by atoms with Crippen molar-refractivity contribution in [3.05, 3.63) is 92.8 Å². The van der Waals surface area contributed by atoms with Crippen LogP contribution in [0.15, 0.2) is 76.1 Å². The molecule has 1 aliphatic heterocycles. The monoisotopic (exact) mass is 580 g/mol. The summed E-state index contributed by atoms with van der Waals surface area (Å²) in [6.45, 7) is 4.37. The molecule has 0 unspecified atom stereocenters. The number of aryl methyl sites for hydroxylation is 1. The first-order valence-electron chi connectivity index (χ1n) is 11.6. The van der Waals surface area contributed by atoms with E-state index in [0.717, 1.165) is 32.3 Å². The fourth-order valence-electron chi connectivity index (χ4n) is 3.63. The van der Waals surface area contributed by atoms with Crippen molar-refractivity contribution in [1.29, 1.82) is 0 Å². The van der Waals surface area contributed by atoms with Crippen LogP contribution in [0.5, 0.6) is 11.5 Å². The number of carbonyl (C=O) groups is 3. The minimum absolute atomic E-state index is 0.234. The van der Waals surface area contributed by atoms with Crippen LogP contribution in [0.4, 0.5) is 10.5 Å². The quantitative estimate of drug-likeness (QED) is 0.294. The molecule has 3 aromatic rings. The molecular formula is C28H25BrN2O5S. The smallest absolute Gasteiger partial charge is 0.294 e. The van der Waals surface area contributed by atoms with Gasteiger partial charge < -0.3 is 14.8 Å². The Morgan fingerprint density at radius 2 is 1.81 bits per heavy atom. The second kappa shape index (κ2) is 12.1. The molecule has 1 aliphatic rings. The van der Waals surface area contributed by atoms with E-state index < -0.39 is 17.1 Å². The summed E-state index contributed by atoms with van der Waals surface area (Å²) in [6.07, 6.45) is 1.62. The number of imide groups is 1. The second-order valence-electron chi connectivity index (χ2n) is 8.24. The summed E-state index contributed by atoms with van der Waals surface area (Å²) < 4.78 is 12.6. The summed E-state index contributed by atoms with van der Waals surface area (Å²) in [7, 11) is 0. The van der Waals surface area contributed by atoms with Gasteiger partial charge in [-0.05, 0) is 79.2 Å². The average Bonchev–Trinajstić information content (AvgIpc) is 3.12. The van der Waals surface area contributed by atoms with E-state index in [1.165, 1.54) is 0 Å². The van der Waals surface area contributed by atoms with E-state index in [1.54, 1.807) is 48.5 Å². The van der Waals surface area contributed by atoms with Crippen molar-refractivity contribution in [3.8, 4) is 11.5 Å². The third-order valence-electron chi connectivity index (χ3n) is 5.35. The molecule has 0 radical (unpaired) electrons. The molecule has 1 saturated heterocycles. The summed E-state index contributed by atoms with van der Waals surface area (Å²) in [6, 6.07) is 20.4. The first-order valence-corrected chi connectivity index (χ1v) is 13.2. The van der Waals surface area contributed by atoms with Gasteiger partial charge in [0.1, 0.15) is 13.2 Å². The number of ether oxygens (including phenoxy) is 2. The number of rotatable bonds is 9. The topological polar surface area (TPSA) is 84.9 Å². The lowest BCUT2D eigenvalue weighted by atomic mass is 10.1.